The molecule has 5 atom stereocenters. The third kappa shape index (κ3) is 9.80. The number of nitrogens with one attached hydrogen (secondary N) is 3. The number of aliphatic carboxylic acids is 1. The summed E-state index contributed by atoms with van der Waals surface area (Å²) >= 11 is 3.97. The van der Waals surface area contributed by atoms with Gasteiger partial charge in [-0.1, -0.05) is 44.5 Å². The molecule has 0 aromatic heterocycles. The predicted molar refractivity (Wildman–Crippen MR) is 148 cm³/mol. The standard InChI is InChI=1S/C27H36N4O7S/c1-3-15(2)23(31-24(34)20(28)12-16-4-8-18(32)9-5-16)26(36)29-21(13-17-6-10-19(33)11-7-17)25(35)30-22(14-39)27(37)38/h4-11,15,20-23,32-33,39H,3,12-14,28H2,1-2H3,(H,29,36)(H,30,35)(H,31,34)(H,37,38). The lowest BCUT2D eigenvalue weighted by Crippen LogP contribution is -2.59. The Morgan fingerprint density at radius 3 is 1.74 bits per heavy atom. The minimum absolute atomic E-state index is 0.00168. The van der Waals surface area contributed by atoms with Gasteiger partial charge in [0.1, 0.15) is 29.6 Å². The lowest BCUT2D eigenvalue weighted by atomic mass is 9.96. The van der Waals surface area contributed by atoms with E-state index >= 15 is 0 Å². The van der Waals surface area contributed by atoms with E-state index in [-0.39, 0.29) is 36.0 Å². The van der Waals surface area contributed by atoms with Crippen LogP contribution in [0.5, 0.6) is 11.5 Å². The van der Waals surface area contributed by atoms with Crippen molar-refractivity contribution in [3.05, 3.63) is 59.7 Å². The van der Waals surface area contributed by atoms with Crippen molar-refractivity contribution in [2.75, 3.05) is 5.75 Å². The Balaban J connectivity index is 2.21. The molecule has 12 heteroatoms. The minimum atomic E-state index is -1.28. The molecule has 0 spiro atoms. The molecule has 5 unspecified atom stereocenters. The van der Waals surface area contributed by atoms with E-state index in [9.17, 15) is 34.5 Å². The lowest BCUT2D eigenvalue weighted by Gasteiger charge is -2.28. The summed E-state index contributed by atoms with van der Waals surface area (Å²) in [6.45, 7) is 3.62. The van der Waals surface area contributed by atoms with Crippen molar-refractivity contribution in [3.8, 4) is 11.5 Å². The highest BCUT2D eigenvalue weighted by Gasteiger charge is 2.32. The zero-order valence-corrected chi connectivity index (χ0v) is 22.7. The number of phenolic OH excluding ortho intramolecular Hbond substituents is 2. The smallest absolute Gasteiger partial charge is 0.327 e. The zero-order valence-electron chi connectivity index (χ0n) is 21.8. The second-order valence-electron chi connectivity index (χ2n) is 9.36. The molecule has 2 rings (SSSR count). The van der Waals surface area contributed by atoms with Gasteiger partial charge in [0.25, 0.3) is 0 Å². The number of hydrogen-bond donors (Lipinski definition) is 8. The molecule has 0 heterocycles. The van der Waals surface area contributed by atoms with E-state index in [2.05, 4.69) is 28.6 Å². The number of carboxylic acid groups (broad SMARTS) is 1. The van der Waals surface area contributed by atoms with Crippen molar-refractivity contribution in [1.82, 2.24) is 16.0 Å². The third-order valence-electron chi connectivity index (χ3n) is 6.33. The molecule has 2 aromatic carbocycles. The molecule has 39 heavy (non-hydrogen) atoms. The van der Waals surface area contributed by atoms with E-state index in [1.807, 2.05) is 6.92 Å². The molecule has 0 saturated carbocycles. The van der Waals surface area contributed by atoms with Gasteiger partial charge in [-0.05, 0) is 47.7 Å². The van der Waals surface area contributed by atoms with E-state index < -0.39 is 47.9 Å². The number of thiol groups is 1. The van der Waals surface area contributed by atoms with Gasteiger partial charge in [-0.2, -0.15) is 12.6 Å². The predicted octanol–water partition coefficient (Wildman–Crippen LogP) is 0.725. The largest absolute Gasteiger partial charge is 0.508 e. The number of aromatic hydroxyl groups is 2. The maximum Gasteiger partial charge on any atom is 0.327 e. The van der Waals surface area contributed by atoms with Gasteiger partial charge < -0.3 is 37.0 Å². The van der Waals surface area contributed by atoms with Gasteiger partial charge in [-0.3, -0.25) is 14.4 Å². The molecular formula is C27H36N4O7S. The van der Waals surface area contributed by atoms with Gasteiger partial charge in [0.2, 0.25) is 17.7 Å². The summed E-state index contributed by atoms with van der Waals surface area (Å²) in [5.74, 6) is -3.60. The highest BCUT2D eigenvalue weighted by Crippen LogP contribution is 2.14. The molecule has 0 bridgehead atoms. The summed E-state index contributed by atoms with van der Waals surface area (Å²) in [5.41, 5.74) is 7.41. The van der Waals surface area contributed by atoms with E-state index in [1.54, 1.807) is 31.2 Å². The first kappa shape index (κ1) is 31.4. The Bertz CT molecular complexity index is 1130. The zero-order chi connectivity index (χ0) is 29.1. The van der Waals surface area contributed by atoms with Crippen LogP contribution in [0.3, 0.4) is 0 Å². The van der Waals surface area contributed by atoms with Gasteiger partial charge in [-0.15, -0.1) is 0 Å². The first-order chi connectivity index (χ1) is 18.4. The Labute approximate surface area is 232 Å². The van der Waals surface area contributed by atoms with E-state index in [1.165, 1.54) is 24.3 Å². The topological polar surface area (TPSA) is 191 Å². The fourth-order valence-corrected chi connectivity index (χ4v) is 3.98. The summed E-state index contributed by atoms with van der Waals surface area (Å²) in [5, 5.41) is 36.0. The SMILES string of the molecule is CCC(C)C(NC(=O)C(N)Cc1ccc(O)cc1)C(=O)NC(Cc1ccc(O)cc1)C(=O)NC(CS)C(=O)O. The second kappa shape index (κ2) is 15.0. The molecule has 11 nitrogen and oxygen atoms in total. The average Bonchev–Trinajstić information content (AvgIpc) is 2.91. The lowest BCUT2D eigenvalue weighted by molar-refractivity contribution is -0.141. The van der Waals surface area contributed by atoms with Crippen molar-refractivity contribution in [2.45, 2.75) is 57.3 Å². The second-order valence-corrected chi connectivity index (χ2v) is 9.73. The van der Waals surface area contributed by atoms with E-state index in [0.717, 1.165) is 5.56 Å². The first-order valence-electron chi connectivity index (χ1n) is 12.5. The molecule has 0 radical (unpaired) electrons. The van der Waals surface area contributed by atoms with Gasteiger partial charge >= 0.3 is 5.97 Å². The van der Waals surface area contributed by atoms with Crippen LogP contribution in [0.15, 0.2) is 48.5 Å². The Morgan fingerprint density at radius 1 is 0.795 bits per heavy atom. The van der Waals surface area contributed by atoms with Crippen LogP contribution in [0.25, 0.3) is 0 Å². The maximum absolute atomic E-state index is 13.4. The van der Waals surface area contributed by atoms with Crippen LogP contribution >= 0.6 is 12.6 Å². The number of carbonyl (C=O) groups is 4. The van der Waals surface area contributed by atoms with Crippen LogP contribution in [0, 0.1) is 5.92 Å². The molecule has 8 N–H and O–H groups in total. The van der Waals surface area contributed by atoms with Gasteiger partial charge in [0.05, 0.1) is 6.04 Å². The van der Waals surface area contributed by atoms with Crippen molar-refractivity contribution < 1.29 is 34.5 Å². The highest BCUT2D eigenvalue weighted by molar-refractivity contribution is 7.80. The molecule has 3 amide bonds. The van der Waals surface area contributed by atoms with Crippen LogP contribution < -0.4 is 21.7 Å². The number of nitrogens with two attached hydrogens (primary N) is 1. The number of amides is 3. The summed E-state index contributed by atoms with van der Waals surface area (Å²) in [7, 11) is 0. The number of carboxylic acids is 1. The molecule has 0 saturated heterocycles. The Morgan fingerprint density at radius 2 is 1.28 bits per heavy atom. The van der Waals surface area contributed by atoms with Crippen molar-refractivity contribution in [3.63, 3.8) is 0 Å². The summed E-state index contributed by atoms with van der Waals surface area (Å²) in [6, 6.07) is 7.80. The monoisotopic (exact) mass is 560 g/mol. The summed E-state index contributed by atoms with van der Waals surface area (Å²) in [6.07, 6.45) is 0.701. The molecule has 0 aliphatic carbocycles. The third-order valence-corrected chi connectivity index (χ3v) is 6.69. The molecule has 2 aromatic rings. The van der Waals surface area contributed by atoms with E-state index in [4.69, 9.17) is 5.73 Å². The van der Waals surface area contributed by atoms with Crippen molar-refractivity contribution >= 4 is 36.3 Å². The maximum atomic E-state index is 13.4. The van der Waals surface area contributed by atoms with Crippen LogP contribution in [0.4, 0.5) is 0 Å². The normalized spacial score (nSPS) is 14.8. The molecule has 212 valence electrons. The quantitative estimate of drug-likeness (QED) is 0.155. The van der Waals surface area contributed by atoms with Gasteiger partial charge in [0.15, 0.2) is 0 Å². The number of benzene rings is 2. The summed E-state index contributed by atoms with van der Waals surface area (Å²) < 4.78 is 0. The van der Waals surface area contributed by atoms with Gasteiger partial charge in [-0.25, -0.2) is 4.79 Å². The number of hydrogen-bond acceptors (Lipinski definition) is 8. The van der Waals surface area contributed by atoms with Crippen molar-refractivity contribution in [2.24, 2.45) is 11.7 Å². The number of phenols is 2. The fourth-order valence-electron chi connectivity index (χ4n) is 3.74. The average molecular weight is 561 g/mol. The van der Waals surface area contributed by atoms with Crippen LogP contribution in [-0.4, -0.2) is 68.9 Å². The Hall–Kier alpha value is -3.77. The highest BCUT2D eigenvalue weighted by atomic mass is 32.1. The van der Waals surface area contributed by atoms with Crippen LogP contribution in [0.1, 0.15) is 31.4 Å². The number of carbonyl (C=O) groups excluding carboxylic acids is 3. The van der Waals surface area contributed by atoms with Crippen LogP contribution in [-0.2, 0) is 32.0 Å². The Kier molecular flexibility index (Phi) is 12.1. The van der Waals surface area contributed by atoms with Gasteiger partial charge in [0, 0.05) is 12.2 Å². The number of rotatable bonds is 14. The summed E-state index contributed by atoms with van der Waals surface area (Å²) in [4.78, 5) is 50.8. The fraction of sp³-hybridized carbons (Fsp3) is 0.407. The molecule has 0 fully saturated rings. The molecule has 0 aliphatic heterocycles. The van der Waals surface area contributed by atoms with Crippen LogP contribution in [0.2, 0.25) is 0 Å². The molecule has 0 aliphatic rings. The first-order valence-corrected chi connectivity index (χ1v) is 13.1. The van der Waals surface area contributed by atoms with Crippen molar-refractivity contribution in [1.29, 1.82) is 0 Å². The minimum Gasteiger partial charge on any atom is -0.508 e. The van der Waals surface area contributed by atoms with E-state index in [0.29, 0.717) is 12.0 Å². The molecular weight excluding hydrogens is 524 g/mol.